The second-order valence-electron chi connectivity index (χ2n) is 7.72. The Kier molecular flexibility index (Phi) is 5.72. The number of hydrogen-bond acceptors (Lipinski definition) is 4. The van der Waals surface area contributed by atoms with Crippen molar-refractivity contribution in [2.45, 2.75) is 64.8 Å². The lowest BCUT2D eigenvalue weighted by atomic mass is 10.1. The molecular weight excluding hydrogens is 363 g/mol. The predicted molar refractivity (Wildman–Crippen MR) is 93.4 cm³/mol. The van der Waals surface area contributed by atoms with E-state index in [-0.39, 0.29) is 18.8 Å². The van der Waals surface area contributed by atoms with Gasteiger partial charge in [-0.05, 0) is 39.3 Å². The first-order valence-corrected chi connectivity index (χ1v) is 8.58. The zero-order valence-corrected chi connectivity index (χ0v) is 16.0. The van der Waals surface area contributed by atoms with Crippen molar-refractivity contribution in [1.82, 2.24) is 9.88 Å². The zero-order chi connectivity index (χ0) is 20.6. The average molecular weight is 387 g/mol. The van der Waals surface area contributed by atoms with Crippen LogP contribution in [-0.2, 0) is 15.5 Å². The number of aryl methyl sites for hydroxylation is 1. The van der Waals surface area contributed by atoms with Gasteiger partial charge in [-0.3, -0.25) is 9.69 Å². The molecule has 150 valence electrons. The van der Waals surface area contributed by atoms with Gasteiger partial charge in [0.25, 0.3) is 5.92 Å². The summed E-state index contributed by atoms with van der Waals surface area (Å²) >= 11 is 0. The van der Waals surface area contributed by atoms with Crippen LogP contribution in [-0.4, -0.2) is 46.2 Å². The topological polar surface area (TPSA) is 71.5 Å². The molecule has 1 aliphatic heterocycles. The van der Waals surface area contributed by atoms with Crippen LogP contribution in [0.25, 0.3) is 0 Å². The zero-order valence-electron chi connectivity index (χ0n) is 16.0. The lowest BCUT2D eigenvalue weighted by Gasteiger charge is -2.27. The number of halogens is 3. The normalized spacial score (nSPS) is 20.5. The summed E-state index contributed by atoms with van der Waals surface area (Å²) < 4.78 is 46.1. The van der Waals surface area contributed by atoms with Crippen molar-refractivity contribution in [2.24, 2.45) is 0 Å². The SMILES string of the molecule is Cc1ccc(C(C)(F)F)nc1NC(=O)[C@@H]1C[C@@H](F)CN1C(=O)OC(C)(C)C. The lowest BCUT2D eigenvalue weighted by molar-refractivity contribution is -0.120. The van der Waals surface area contributed by atoms with Crippen LogP contribution in [0.2, 0.25) is 0 Å². The van der Waals surface area contributed by atoms with Gasteiger partial charge in [-0.2, -0.15) is 8.78 Å². The number of amides is 2. The number of alkyl halides is 3. The van der Waals surface area contributed by atoms with Crippen LogP contribution in [0.4, 0.5) is 23.8 Å². The molecule has 1 aromatic rings. The molecule has 0 spiro atoms. The molecule has 0 aliphatic carbocycles. The van der Waals surface area contributed by atoms with Gasteiger partial charge in [-0.1, -0.05) is 6.07 Å². The number of anilines is 1. The standard InChI is InChI=1S/C18H24F3N3O3/c1-10-6-7-13(18(5,20)21)22-14(10)23-15(25)12-8-11(19)9-24(12)16(26)27-17(2,3)4/h6-7,11-12H,8-9H2,1-5H3,(H,22,23,25)/t11-,12+/m1/s1. The Hall–Kier alpha value is -2.32. The number of aromatic nitrogens is 1. The van der Waals surface area contributed by atoms with Gasteiger partial charge in [-0.25, -0.2) is 14.2 Å². The number of pyridine rings is 1. The Bertz CT molecular complexity index is 729. The van der Waals surface area contributed by atoms with Crippen molar-refractivity contribution in [3.8, 4) is 0 Å². The summed E-state index contributed by atoms with van der Waals surface area (Å²) in [4.78, 5) is 29.7. The van der Waals surface area contributed by atoms with Crippen molar-refractivity contribution in [3.05, 3.63) is 23.4 Å². The minimum atomic E-state index is -3.17. The monoisotopic (exact) mass is 387 g/mol. The molecule has 6 nitrogen and oxygen atoms in total. The van der Waals surface area contributed by atoms with Gasteiger partial charge in [0, 0.05) is 13.3 Å². The fraction of sp³-hybridized carbons (Fsp3) is 0.611. The Morgan fingerprint density at radius 3 is 2.44 bits per heavy atom. The van der Waals surface area contributed by atoms with Gasteiger partial charge in [0.15, 0.2) is 0 Å². The van der Waals surface area contributed by atoms with Gasteiger partial charge < -0.3 is 10.1 Å². The second kappa shape index (κ2) is 7.36. The molecule has 1 N–H and O–H groups in total. The summed E-state index contributed by atoms with van der Waals surface area (Å²) in [6.07, 6.45) is -2.39. The summed E-state index contributed by atoms with van der Waals surface area (Å²) in [7, 11) is 0. The molecule has 2 atom stereocenters. The van der Waals surface area contributed by atoms with Crippen LogP contribution >= 0.6 is 0 Å². The molecule has 2 heterocycles. The maximum Gasteiger partial charge on any atom is 0.411 e. The molecule has 27 heavy (non-hydrogen) atoms. The molecule has 2 amide bonds. The molecule has 1 fully saturated rings. The molecule has 0 aromatic carbocycles. The van der Waals surface area contributed by atoms with Crippen molar-refractivity contribution >= 4 is 17.8 Å². The largest absolute Gasteiger partial charge is 0.444 e. The number of likely N-dealkylation sites (tertiary alicyclic amines) is 1. The first kappa shape index (κ1) is 21.0. The first-order chi connectivity index (χ1) is 12.3. The molecular formula is C18H24F3N3O3. The summed E-state index contributed by atoms with van der Waals surface area (Å²) in [6.45, 7) is 7.00. The molecule has 0 unspecified atom stereocenters. The van der Waals surface area contributed by atoms with Gasteiger partial charge in [-0.15, -0.1) is 0 Å². The van der Waals surface area contributed by atoms with E-state index in [1.165, 1.54) is 12.1 Å². The van der Waals surface area contributed by atoms with Crippen LogP contribution in [0, 0.1) is 6.92 Å². The van der Waals surface area contributed by atoms with Crippen molar-refractivity contribution < 1.29 is 27.5 Å². The molecule has 1 saturated heterocycles. The van der Waals surface area contributed by atoms with E-state index in [4.69, 9.17) is 4.74 Å². The summed E-state index contributed by atoms with van der Waals surface area (Å²) in [5.74, 6) is -3.92. The van der Waals surface area contributed by atoms with E-state index >= 15 is 0 Å². The third-order valence-electron chi connectivity index (χ3n) is 3.97. The van der Waals surface area contributed by atoms with E-state index in [1.54, 1.807) is 27.7 Å². The molecule has 1 aliphatic rings. The van der Waals surface area contributed by atoms with Crippen LogP contribution < -0.4 is 5.32 Å². The highest BCUT2D eigenvalue weighted by Crippen LogP contribution is 2.28. The van der Waals surface area contributed by atoms with Crippen LogP contribution in [0.5, 0.6) is 0 Å². The van der Waals surface area contributed by atoms with E-state index in [1.807, 2.05) is 0 Å². The van der Waals surface area contributed by atoms with Crippen LogP contribution in [0.1, 0.15) is 45.4 Å². The summed E-state index contributed by atoms with van der Waals surface area (Å²) in [6, 6.07) is 1.47. The van der Waals surface area contributed by atoms with Gasteiger partial charge in [0.05, 0.1) is 6.54 Å². The van der Waals surface area contributed by atoms with Crippen molar-refractivity contribution in [3.63, 3.8) is 0 Å². The van der Waals surface area contributed by atoms with Gasteiger partial charge >= 0.3 is 6.09 Å². The maximum atomic E-state index is 13.9. The number of hydrogen-bond donors (Lipinski definition) is 1. The lowest BCUT2D eigenvalue weighted by Crippen LogP contribution is -2.45. The highest BCUT2D eigenvalue weighted by molar-refractivity contribution is 5.96. The third-order valence-corrected chi connectivity index (χ3v) is 3.97. The number of carbonyl (C=O) groups excluding carboxylic acids is 2. The summed E-state index contributed by atoms with van der Waals surface area (Å²) in [5, 5.41) is 2.43. The van der Waals surface area contributed by atoms with E-state index in [0.29, 0.717) is 12.5 Å². The predicted octanol–water partition coefficient (Wildman–Crippen LogP) is 3.79. The van der Waals surface area contributed by atoms with E-state index in [2.05, 4.69) is 10.3 Å². The van der Waals surface area contributed by atoms with E-state index in [0.717, 1.165) is 4.90 Å². The molecule has 0 saturated carbocycles. The van der Waals surface area contributed by atoms with Crippen molar-refractivity contribution in [1.29, 1.82) is 0 Å². The molecule has 9 heteroatoms. The Labute approximate surface area is 156 Å². The minimum absolute atomic E-state index is 0.0505. The smallest absolute Gasteiger partial charge is 0.411 e. The highest BCUT2D eigenvalue weighted by Gasteiger charge is 2.42. The van der Waals surface area contributed by atoms with Crippen LogP contribution in [0.15, 0.2) is 12.1 Å². The second-order valence-corrected chi connectivity index (χ2v) is 7.72. The fourth-order valence-corrected chi connectivity index (χ4v) is 2.66. The number of nitrogens with one attached hydrogen (secondary N) is 1. The van der Waals surface area contributed by atoms with Crippen LogP contribution in [0.3, 0.4) is 0 Å². The Morgan fingerprint density at radius 1 is 1.26 bits per heavy atom. The van der Waals surface area contributed by atoms with Crippen molar-refractivity contribution in [2.75, 3.05) is 11.9 Å². The highest BCUT2D eigenvalue weighted by atomic mass is 19.3. The Morgan fingerprint density at radius 2 is 1.89 bits per heavy atom. The molecule has 0 bridgehead atoms. The molecule has 1 aromatic heterocycles. The minimum Gasteiger partial charge on any atom is -0.444 e. The average Bonchev–Trinajstić information content (AvgIpc) is 2.89. The first-order valence-electron chi connectivity index (χ1n) is 8.58. The summed E-state index contributed by atoms with van der Waals surface area (Å²) in [5.41, 5.74) is -0.830. The fourth-order valence-electron chi connectivity index (χ4n) is 2.66. The van der Waals surface area contributed by atoms with Gasteiger partial charge in [0.1, 0.15) is 29.3 Å². The molecule has 0 radical (unpaired) electrons. The maximum absolute atomic E-state index is 13.9. The number of nitrogens with zero attached hydrogens (tertiary/aromatic N) is 2. The number of rotatable bonds is 3. The van der Waals surface area contributed by atoms with Gasteiger partial charge in [0.2, 0.25) is 5.91 Å². The third kappa shape index (κ3) is 5.33. The number of ether oxygens (including phenoxy) is 1. The Balaban J connectivity index is 2.20. The quantitative estimate of drug-likeness (QED) is 0.857. The number of carbonyl (C=O) groups is 2. The van der Waals surface area contributed by atoms with E-state index in [9.17, 15) is 22.8 Å². The molecule has 2 rings (SSSR count). The van der Waals surface area contributed by atoms with E-state index < -0.39 is 41.4 Å².